The Morgan fingerprint density at radius 2 is 1.86 bits per heavy atom. The lowest BCUT2D eigenvalue weighted by Gasteiger charge is -2.25. The fraction of sp³-hybridized carbons (Fsp3) is 0.154. The maximum absolute atomic E-state index is 13.2. The van der Waals surface area contributed by atoms with E-state index in [4.69, 9.17) is 15.2 Å². The number of hydrogen-bond donors (Lipinski definition) is 2. The van der Waals surface area contributed by atoms with Crippen molar-refractivity contribution in [3.05, 3.63) is 83.9 Å². The number of ether oxygens (including phenoxy) is 2. The van der Waals surface area contributed by atoms with Crippen LogP contribution in [0.25, 0.3) is 16.5 Å². The number of aromatic nitrogens is 2. The lowest BCUT2D eigenvalue weighted by molar-refractivity contribution is -0.151. The SMILES string of the molecule is COc1ccc([C@H]2C=C(c3ccc4ccccc4c3)NN2C(=O)COC(=O)CSc2nnc(N)s2)cc1. The third kappa shape index (κ3) is 5.68. The van der Waals surface area contributed by atoms with E-state index in [9.17, 15) is 9.59 Å². The summed E-state index contributed by atoms with van der Waals surface area (Å²) in [6.07, 6.45) is 1.99. The summed E-state index contributed by atoms with van der Waals surface area (Å²) in [5.74, 6) is -0.200. The zero-order valence-corrected chi connectivity index (χ0v) is 21.4. The predicted molar refractivity (Wildman–Crippen MR) is 144 cm³/mol. The van der Waals surface area contributed by atoms with E-state index in [1.807, 2.05) is 60.7 Å². The number of hydrazine groups is 1. The quantitative estimate of drug-likeness (QED) is 0.255. The van der Waals surface area contributed by atoms with Crippen molar-refractivity contribution in [1.29, 1.82) is 0 Å². The van der Waals surface area contributed by atoms with Crippen molar-refractivity contribution in [1.82, 2.24) is 20.6 Å². The molecule has 0 saturated carbocycles. The number of carbonyl (C=O) groups excluding carboxylic acids is 2. The fourth-order valence-corrected chi connectivity index (χ4v) is 5.34. The molecule has 188 valence electrons. The molecule has 0 unspecified atom stereocenters. The summed E-state index contributed by atoms with van der Waals surface area (Å²) in [5.41, 5.74) is 11.4. The Labute approximate surface area is 221 Å². The number of esters is 1. The Balaban J connectivity index is 1.31. The standard InChI is InChI=1S/C26H23N5O4S2/c1-34-20-10-8-17(9-11-20)22-13-21(19-7-6-16-4-2-3-5-18(16)12-19)30-31(22)23(32)14-35-24(33)15-36-26-29-28-25(27)37-26/h2-13,22,30H,14-15H2,1H3,(H2,27,28)/t22-/m1/s1. The van der Waals surface area contributed by atoms with Crippen LogP contribution >= 0.6 is 23.1 Å². The monoisotopic (exact) mass is 533 g/mol. The average Bonchev–Trinajstić information content (AvgIpc) is 3.57. The lowest BCUT2D eigenvalue weighted by Crippen LogP contribution is -2.42. The first-order valence-corrected chi connectivity index (χ1v) is 13.1. The number of amides is 1. The maximum Gasteiger partial charge on any atom is 0.316 e. The number of benzene rings is 3. The second kappa shape index (κ2) is 10.9. The number of nitrogen functional groups attached to an aromatic ring is 1. The minimum absolute atomic E-state index is 0.00214. The number of nitrogens with two attached hydrogens (primary N) is 1. The maximum atomic E-state index is 13.2. The minimum Gasteiger partial charge on any atom is -0.497 e. The molecule has 1 aliphatic heterocycles. The first-order valence-electron chi connectivity index (χ1n) is 11.3. The largest absolute Gasteiger partial charge is 0.497 e. The van der Waals surface area contributed by atoms with Gasteiger partial charge in [0.1, 0.15) is 5.75 Å². The minimum atomic E-state index is -0.532. The van der Waals surface area contributed by atoms with E-state index >= 15 is 0 Å². The van der Waals surface area contributed by atoms with Gasteiger partial charge in [-0.2, -0.15) is 0 Å². The topological polar surface area (TPSA) is 120 Å². The zero-order valence-electron chi connectivity index (χ0n) is 19.8. The lowest BCUT2D eigenvalue weighted by atomic mass is 10.0. The molecule has 37 heavy (non-hydrogen) atoms. The van der Waals surface area contributed by atoms with Crippen LogP contribution < -0.4 is 15.9 Å². The van der Waals surface area contributed by atoms with Gasteiger partial charge in [0.2, 0.25) is 5.13 Å². The smallest absolute Gasteiger partial charge is 0.316 e. The highest BCUT2D eigenvalue weighted by Crippen LogP contribution is 2.33. The van der Waals surface area contributed by atoms with Gasteiger partial charge in [-0.1, -0.05) is 71.6 Å². The van der Waals surface area contributed by atoms with Crippen LogP contribution in [-0.4, -0.2) is 46.6 Å². The van der Waals surface area contributed by atoms with Gasteiger partial charge in [0.15, 0.2) is 10.9 Å². The highest BCUT2D eigenvalue weighted by atomic mass is 32.2. The Morgan fingerprint density at radius 3 is 2.59 bits per heavy atom. The van der Waals surface area contributed by atoms with Gasteiger partial charge < -0.3 is 15.2 Å². The Morgan fingerprint density at radius 1 is 1.08 bits per heavy atom. The Bertz CT molecular complexity index is 1470. The second-order valence-electron chi connectivity index (χ2n) is 8.09. The van der Waals surface area contributed by atoms with Crippen LogP contribution in [0.3, 0.4) is 0 Å². The molecule has 0 saturated heterocycles. The summed E-state index contributed by atoms with van der Waals surface area (Å²) in [4.78, 5) is 25.4. The number of methoxy groups -OCH3 is 1. The first kappa shape index (κ1) is 24.6. The molecule has 0 fully saturated rings. The van der Waals surface area contributed by atoms with E-state index in [1.54, 1.807) is 7.11 Å². The van der Waals surface area contributed by atoms with Crippen LogP contribution in [0.5, 0.6) is 5.75 Å². The molecule has 1 aromatic heterocycles. The molecule has 1 atom stereocenters. The first-order chi connectivity index (χ1) is 18.0. The van der Waals surface area contributed by atoms with Crippen molar-refractivity contribution in [3.63, 3.8) is 0 Å². The Kier molecular flexibility index (Phi) is 7.24. The molecule has 0 aliphatic carbocycles. The zero-order chi connectivity index (χ0) is 25.8. The van der Waals surface area contributed by atoms with E-state index in [0.717, 1.165) is 45.1 Å². The van der Waals surface area contributed by atoms with E-state index in [-0.39, 0.29) is 11.7 Å². The summed E-state index contributed by atoms with van der Waals surface area (Å²) in [5, 5.41) is 11.6. The summed E-state index contributed by atoms with van der Waals surface area (Å²) in [6.45, 7) is -0.407. The van der Waals surface area contributed by atoms with Gasteiger partial charge in [0.05, 0.1) is 24.6 Å². The molecule has 2 heterocycles. The molecule has 3 aromatic carbocycles. The number of carbonyl (C=O) groups is 2. The van der Waals surface area contributed by atoms with Gasteiger partial charge in [-0.05, 0) is 46.2 Å². The van der Waals surface area contributed by atoms with E-state index in [2.05, 4.69) is 27.8 Å². The number of fused-ring (bicyclic) bond motifs is 1. The Hall–Kier alpha value is -4.09. The summed E-state index contributed by atoms with van der Waals surface area (Å²) >= 11 is 2.34. The van der Waals surface area contributed by atoms with Gasteiger partial charge >= 0.3 is 5.97 Å². The molecule has 0 radical (unpaired) electrons. The highest BCUT2D eigenvalue weighted by Gasteiger charge is 2.31. The number of anilines is 1. The fourth-order valence-electron chi connectivity index (χ4n) is 3.90. The van der Waals surface area contributed by atoms with Crippen LogP contribution in [-0.2, 0) is 14.3 Å². The third-order valence-electron chi connectivity index (χ3n) is 5.72. The number of rotatable bonds is 8. The normalized spacial score (nSPS) is 14.8. The van der Waals surface area contributed by atoms with Crippen LogP contribution in [0.15, 0.2) is 77.1 Å². The number of nitrogens with zero attached hydrogens (tertiary/aromatic N) is 3. The number of thioether (sulfide) groups is 1. The molecular weight excluding hydrogens is 510 g/mol. The molecule has 3 N–H and O–H groups in total. The van der Waals surface area contributed by atoms with Crippen molar-refractivity contribution in [2.45, 2.75) is 10.4 Å². The number of hydrogen-bond acceptors (Lipinski definition) is 10. The van der Waals surface area contributed by atoms with Crippen molar-refractivity contribution in [2.24, 2.45) is 0 Å². The molecule has 1 aliphatic rings. The van der Waals surface area contributed by atoms with Crippen molar-refractivity contribution >= 4 is 56.6 Å². The van der Waals surface area contributed by atoms with Crippen molar-refractivity contribution in [3.8, 4) is 5.75 Å². The van der Waals surface area contributed by atoms with Crippen molar-refractivity contribution < 1.29 is 19.1 Å². The summed E-state index contributed by atoms with van der Waals surface area (Å²) < 4.78 is 11.1. The highest BCUT2D eigenvalue weighted by molar-refractivity contribution is 8.01. The summed E-state index contributed by atoms with van der Waals surface area (Å²) in [7, 11) is 1.60. The third-order valence-corrected chi connectivity index (χ3v) is 7.58. The molecule has 4 aromatic rings. The average molecular weight is 534 g/mol. The molecular formula is C26H23N5O4S2. The van der Waals surface area contributed by atoms with E-state index in [1.165, 1.54) is 16.3 Å². The number of nitrogens with one attached hydrogen (secondary N) is 1. The van der Waals surface area contributed by atoms with Crippen LogP contribution in [0.4, 0.5) is 5.13 Å². The van der Waals surface area contributed by atoms with Gasteiger partial charge in [0, 0.05) is 0 Å². The molecule has 0 bridgehead atoms. The predicted octanol–water partition coefficient (Wildman–Crippen LogP) is 4.05. The molecule has 11 heteroatoms. The van der Waals surface area contributed by atoms with Gasteiger partial charge in [-0.15, -0.1) is 10.2 Å². The van der Waals surface area contributed by atoms with Crippen LogP contribution in [0.2, 0.25) is 0 Å². The van der Waals surface area contributed by atoms with Gasteiger partial charge in [-0.25, -0.2) is 5.01 Å². The molecule has 1 amide bonds. The summed E-state index contributed by atoms with van der Waals surface area (Å²) in [6, 6.07) is 21.3. The van der Waals surface area contributed by atoms with Crippen molar-refractivity contribution in [2.75, 3.05) is 25.2 Å². The van der Waals surface area contributed by atoms with Crippen LogP contribution in [0, 0.1) is 0 Å². The van der Waals surface area contributed by atoms with Gasteiger partial charge in [0.25, 0.3) is 5.91 Å². The van der Waals surface area contributed by atoms with E-state index < -0.39 is 18.6 Å². The molecule has 9 nitrogen and oxygen atoms in total. The molecule has 5 rings (SSSR count). The second-order valence-corrected chi connectivity index (χ2v) is 10.3. The van der Waals surface area contributed by atoms with Crippen LogP contribution in [0.1, 0.15) is 17.2 Å². The van der Waals surface area contributed by atoms with Gasteiger partial charge in [-0.3, -0.25) is 15.0 Å². The van der Waals surface area contributed by atoms with E-state index in [0.29, 0.717) is 9.47 Å². The molecule has 0 spiro atoms.